The van der Waals surface area contributed by atoms with Crippen LogP contribution in [0.5, 0.6) is 0 Å². The van der Waals surface area contributed by atoms with Gasteiger partial charge in [0.25, 0.3) is 0 Å². The first-order valence-electron chi connectivity index (χ1n) is 6.58. The molecule has 1 aliphatic rings. The number of amides is 2. The summed E-state index contributed by atoms with van der Waals surface area (Å²) in [6.07, 6.45) is 0. The number of rotatable bonds is 4. The summed E-state index contributed by atoms with van der Waals surface area (Å²) in [6, 6.07) is 7.81. The Kier molecular flexibility index (Phi) is 5.14. The SMILES string of the molecule is C[C@@H](NC(=O)CN1CCNC(=O)C1)c1ccc(Br)cc1. The molecule has 5 nitrogen and oxygen atoms in total. The summed E-state index contributed by atoms with van der Waals surface area (Å²) in [4.78, 5) is 25.1. The molecule has 6 heteroatoms. The number of hydrogen-bond donors (Lipinski definition) is 2. The number of nitrogens with one attached hydrogen (secondary N) is 2. The Morgan fingerprint density at radius 1 is 1.45 bits per heavy atom. The van der Waals surface area contributed by atoms with E-state index in [0.717, 1.165) is 10.0 Å². The highest BCUT2D eigenvalue weighted by Crippen LogP contribution is 2.16. The zero-order chi connectivity index (χ0) is 14.5. The fourth-order valence-corrected chi connectivity index (χ4v) is 2.42. The molecule has 2 N–H and O–H groups in total. The molecular formula is C14H18BrN3O2. The third-order valence-corrected chi connectivity index (χ3v) is 3.76. The van der Waals surface area contributed by atoms with E-state index in [2.05, 4.69) is 26.6 Å². The summed E-state index contributed by atoms with van der Waals surface area (Å²) in [7, 11) is 0. The fraction of sp³-hybridized carbons (Fsp3) is 0.429. The minimum absolute atomic E-state index is 0.0231. The number of carbonyl (C=O) groups excluding carboxylic acids is 2. The van der Waals surface area contributed by atoms with Crippen molar-refractivity contribution in [2.24, 2.45) is 0 Å². The molecule has 108 valence electrons. The molecule has 1 aromatic carbocycles. The van der Waals surface area contributed by atoms with E-state index in [9.17, 15) is 9.59 Å². The molecule has 20 heavy (non-hydrogen) atoms. The Hall–Kier alpha value is -1.40. The molecule has 0 aliphatic carbocycles. The highest BCUT2D eigenvalue weighted by atomic mass is 79.9. The molecule has 2 rings (SSSR count). The quantitative estimate of drug-likeness (QED) is 0.862. The van der Waals surface area contributed by atoms with E-state index in [0.29, 0.717) is 19.6 Å². The Bertz CT molecular complexity index is 490. The van der Waals surface area contributed by atoms with Crippen LogP contribution < -0.4 is 10.6 Å². The summed E-state index contributed by atoms with van der Waals surface area (Å²) >= 11 is 3.38. The monoisotopic (exact) mass is 339 g/mol. The maximum absolute atomic E-state index is 12.0. The van der Waals surface area contributed by atoms with E-state index < -0.39 is 0 Å². The highest BCUT2D eigenvalue weighted by molar-refractivity contribution is 9.10. The lowest BCUT2D eigenvalue weighted by Crippen LogP contribution is -2.50. The van der Waals surface area contributed by atoms with Crippen LogP contribution in [0.4, 0.5) is 0 Å². The Labute approximate surface area is 126 Å². The molecule has 1 atom stereocenters. The second-order valence-electron chi connectivity index (χ2n) is 4.90. The maximum Gasteiger partial charge on any atom is 0.234 e. The molecule has 0 radical (unpaired) electrons. The van der Waals surface area contributed by atoms with Gasteiger partial charge < -0.3 is 10.6 Å². The van der Waals surface area contributed by atoms with Crippen molar-refractivity contribution in [2.75, 3.05) is 26.2 Å². The molecule has 1 heterocycles. The van der Waals surface area contributed by atoms with Crippen molar-refractivity contribution in [3.05, 3.63) is 34.3 Å². The molecule has 0 unspecified atom stereocenters. The standard InChI is InChI=1S/C14H18BrN3O2/c1-10(11-2-4-12(15)5-3-11)17-14(20)9-18-7-6-16-13(19)8-18/h2-5,10H,6-9H2,1H3,(H,16,19)(H,17,20)/t10-/m1/s1. The van der Waals surface area contributed by atoms with Gasteiger partial charge in [-0.2, -0.15) is 0 Å². The first kappa shape index (κ1) is 15.0. The number of nitrogens with zero attached hydrogens (tertiary/aromatic N) is 1. The molecular weight excluding hydrogens is 322 g/mol. The molecule has 1 saturated heterocycles. The van der Waals surface area contributed by atoms with Crippen LogP contribution in [0.2, 0.25) is 0 Å². The Morgan fingerprint density at radius 2 is 2.15 bits per heavy atom. The van der Waals surface area contributed by atoms with Crippen molar-refractivity contribution < 1.29 is 9.59 Å². The maximum atomic E-state index is 12.0. The lowest BCUT2D eigenvalue weighted by atomic mass is 10.1. The lowest BCUT2D eigenvalue weighted by molar-refractivity contribution is -0.127. The summed E-state index contributed by atoms with van der Waals surface area (Å²) in [5, 5.41) is 5.69. The van der Waals surface area contributed by atoms with Gasteiger partial charge in [0.05, 0.1) is 19.1 Å². The van der Waals surface area contributed by atoms with Gasteiger partial charge in [-0.3, -0.25) is 14.5 Å². The Morgan fingerprint density at radius 3 is 2.80 bits per heavy atom. The van der Waals surface area contributed by atoms with E-state index in [1.165, 1.54) is 0 Å². The minimum Gasteiger partial charge on any atom is -0.354 e. The lowest BCUT2D eigenvalue weighted by Gasteiger charge is -2.26. The second kappa shape index (κ2) is 6.85. The van der Waals surface area contributed by atoms with Crippen LogP contribution in [0.15, 0.2) is 28.7 Å². The zero-order valence-corrected chi connectivity index (χ0v) is 12.9. The average molecular weight is 340 g/mol. The van der Waals surface area contributed by atoms with Gasteiger partial charge in [-0.05, 0) is 24.6 Å². The van der Waals surface area contributed by atoms with E-state index in [4.69, 9.17) is 0 Å². The molecule has 2 amide bonds. The first-order chi connectivity index (χ1) is 9.54. The number of piperazine rings is 1. The molecule has 0 saturated carbocycles. The van der Waals surface area contributed by atoms with Gasteiger partial charge in [0.15, 0.2) is 0 Å². The Balaban J connectivity index is 1.84. The number of benzene rings is 1. The summed E-state index contributed by atoms with van der Waals surface area (Å²) in [6.45, 7) is 3.82. The van der Waals surface area contributed by atoms with E-state index in [1.807, 2.05) is 36.1 Å². The largest absolute Gasteiger partial charge is 0.354 e. The predicted octanol–water partition coefficient (Wildman–Crippen LogP) is 1.06. The van der Waals surface area contributed by atoms with Crippen LogP contribution in [0.3, 0.4) is 0 Å². The average Bonchev–Trinajstić information content (AvgIpc) is 2.39. The third kappa shape index (κ3) is 4.31. The van der Waals surface area contributed by atoms with Gasteiger partial charge in [-0.1, -0.05) is 28.1 Å². The third-order valence-electron chi connectivity index (χ3n) is 3.23. The number of carbonyl (C=O) groups is 2. The molecule has 1 aromatic rings. The fourth-order valence-electron chi connectivity index (χ4n) is 2.15. The van der Waals surface area contributed by atoms with Gasteiger partial charge in [-0.25, -0.2) is 0 Å². The minimum atomic E-state index is -0.0601. The van der Waals surface area contributed by atoms with Gasteiger partial charge in [0.2, 0.25) is 11.8 Å². The predicted molar refractivity (Wildman–Crippen MR) is 80.1 cm³/mol. The second-order valence-corrected chi connectivity index (χ2v) is 5.82. The molecule has 1 aliphatic heterocycles. The number of hydrogen-bond acceptors (Lipinski definition) is 3. The number of halogens is 1. The van der Waals surface area contributed by atoms with Crippen molar-refractivity contribution in [2.45, 2.75) is 13.0 Å². The van der Waals surface area contributed by atoms with E-state index in [1.54, 1.807) is 0 Å². The van der Waals surface area contributed by atoms with Crippen molar-refractivity contribution in [1.29, 1.82) is 0 Å². The van der Waals surface area contributed by atoms with Gasteiger partial charge in [0, 0.05) is 17.6 Å². The van der Waals surface area contributed by atoms with Crippen molar-refractivity contribution in [3.63, 3.8) is 0 Å². The topological polar surface area (TPSA) is 61.4 Å². The van der Waals surface area contributed by atoms with Crippen LogP contribution in [-0.4, -0.2) is 42.9 Å². The van der Waals surface area contributed by atoms with Gasteiger partial charge >= 0.3 is 0 Å². The van der Waals surface area contributed by atoms with Crippen molar-refractivity contribution in [1.82, 2.24) is 15.5 Å². The molecule has 0 aromatic heterocycles. The van der Waals surface area contributed by atoms with Gasteiger partial charge in [-0.15, -0.1) is 0 Å². The van der Waals surface area contributed by atoms with Crippen molar-refractivity contribution >= 4 is 27.7 Å². The summed E-state index contributed by atoms with van der Waals surface area (Å²) in [5.74, 6) is -0.0832. The van der Waals surface area contributed by atoms with E-state index in [-0.39, 0.29) is 24.4 Å². The van der Waals surface area contributed by atoms with Crippen LogP contribution >= 0.6 is 15.9 Å². The van der Waals surface area contributed by atoms with Crippen LogP contribution in [0.1, 0.15) is 18.5 Å². The zero-order valence-electron chi connectivity index (χ0n) is 11.4. The molecule has 0 bridgehead atoms. The molecule has 0 spiro atoms. The molecule has 1 fully saturated rings. The summed E-state index contributed by atoms with van der Waals surface area (Å²) in [5.41, 5.74) is 1.05. The van der Waals surface area contributed by atoms with Crippen molar-refractivity contribution in [3.8, 4) is 0 Å². The normalized spacial score (nSPS) is 17.4. The summed E-state index contributed by atoms with van der Waals surface area (Å²) < 4.78 is 1.01. The highest BCUT2D eigenvalue weighted by Gasteiger charge is 2.19. The van der Waals surface area contributed by atoms with Crippen LogP contribution in [-0.2, 0) is 9.59 Å². The smallest absolute Gasteiger partial charge is 0.234 e. The van der Waals surface area contributed by atoms with E-state index >= 15 is 0 Å². The first-order valence-corrected chi connectivity index (χ1v) is 7.38. The van der Waals surface area contributed by atoms with Gasteiger partial charge in [0.1, 0.15) is 0 Å². The van der Waals surface area contributed by atoms with Crippen LogP contribution in [0.25, 0.3) is 0 Å². The van der Waals surface area contributed by atoms with Crippen LogP contribution in [0, 0.1) is 0 Å².